The van der Waals surface area contributed by atoms with Crippen molar-refractivity contribution in [2.75, 3.05) is 12.3 Å². The Hall–Kier alpha value is -1.67. The molecule has 1 unspecified atom stereocenters. The van der Waals surface area contributed by atoms with Gasteiger partial charge in [-0.05, 0) is 6.92 Å². The number of hydrogen-bond donors (Lipinski definition) is 4. The predicted octanol–water partition coefficient (Wildman–Crippen LogP) is -0.401. The maximum Gasteiger partial charge on any atom is 0.326 e. The highest BCUT2D eigenvalue weighted by Gasteiger charge is 2.22. The lowest BCUT2D eigenvalue weighted by Gasteiger charge is -2.12. The fourth-order valence-electron chi connectivity index (χ4n) is 1.24. The SMILES string of the molecule is Cc1nc(N)sc1C(=O)NC(CCO)C(=O)O. The van der Waals surface area contributed by atoms with Crippen LogP contribution in [-0.2, 0) is 4.79 Å². The topological polar surface area (TPSA) is 126 Å². The molecular weight excluding hydrogens is 246 g/mol. The van der Waals surface area contributed by atoms with Crippen LogP contribution in [0.3, 0.4) is 0 Å². The second-order valence-corrected chi connectivity index (χ2v) is 4.37. The summed E-state index contributed by atoms with van der Waals surface area (Å²) in [5.41, 5.74) is 5.89. The van der Waals surface area contributed by atoms with E-state index in [1.165, 1.54) is 0 Å². The number of amides is 1. The van der Waals surface area contributed by atoms with Crippen LogP contribution >= 0.6 is 11.3 Å². The van der Waals surface area contributed by atoms with Gasteiger partial charge in [-0.25, -0.2) is 9.78 Å². The number of aromatic nitrogens is 1. The molecule has 0 aliphatic rings. The predicted molar refractivity (Wildman–Crippen MR) is 61.9 cm³/mol. The van der Waals surface area contributed by atoms with E-state index < -0.39 is 17.9 Å². The first-order valence-corrected chi connectivity index (χ1v) is 5.64. The number of nitrogens with one attached hydrogen (secondary N) is 1. The molecular formula is C9H13N3O4S. The molecule has 8 heteroatoms. The van der Waals surface area contributed by atoms with Gasteiger partial charge in [-0.15, -0.1) is 0 Å². The molecule has 0 aliphatic heterocycles. The highest BCUT2D eigenvalue weighted by Crippen LogP contribution is 2.19. The molecule has 0 aromatic carbocycles. The van der Waals surface area contributed by atoms with E-state index in [1.807, 2.05) is 0 Å². The number of aryl methyl sites for hydroxylation is 1. The minimum absolute atomic E-state index is 0.0472. The van der Waals surface area contributed by atoms with Gasteiger partial charge in [0.1, 0.15) is 10.9 Å². The molecule has 17 heavy (non-hydrogen) atoms. The number of nitrogen functional groups attached to an aromatic ring is 1. The van der Waals surface area contributed by atoms with E-state index >= 15 is 0 Å². The van der Waals surface area contributed by atoms with Crippen molar-refractivity contribution < 1.29 is 19.8 Å². The molecule has 1 aromatic rings. The molecule has 5 N–H and O–H groups in total. The summed E-state index contributed by atoms with van der Waals surface area (Å²) in [4.78, 5) is 26.7. The van der Waals surface area contributed by atoms with Gasteiger partial charge >= 0.3 is 5.97 Å². The average Bonchev–Trinajstić information content (AvgIpc) is 2.57. The standard InChI is InChI=1S/C9H13N3O4S/c1-4-6(17-9(10)11-4)7(14)12-5(2-3-13)8(15)16/h5,13H,2-3H2,1H3,(H2,10,11)(H,12,14)(H,15,16). The van der Waals surface area contributed by atoms with Crippen molar-refractivity contribution in [2.24, 2.45) is 0 Å². The number of hydrogen-bond acceptors (Lipinski definition) is 6. The first kappa shape index (κ1) is 13.4. The van der Waals surface area contributed by atoms with Crippen molar-refractivity contribution in [1.82, 2.24) is 10.3 Å². The number of aliphatic hydroxyl groups excluding tert-OH is 1. The first-order valence-electron chi connectivity index (χ1n) is 4.83. The van der Waals surface area contributed by atoms with Crippen LogP contribution in [-0.4, -0.2) is 39.7 Å². The number of carboxylic acids is 1. The van der Waals surface area contributed by atoms with E-state index in [2.05, 4.69) is 10.3 Å². The number of nitrogens with zero attached hydrogens (tertiary/aromatic N) is 1. The third-order valence-corrected chi connectivity index (χ3v) is 3.03. The van der Waals surface area contributed by atoms with Crippen LogP contribution in [0.25, 0.3) is 0 Å². The van der Waals surface area contributed by atoms with Gasteiger partial charge in [-0.2, -0.15) is 0 Å². The number of anilines is 1. The number of carbonyl (C=O) groups is 2. The third kappa shape index (κ3) is 3.40. The summed E-state index contributed by atoms with van der Waals surface area (Å²) in [5, 5.41) is 20.1. The fraction of sp³-hybridized carbons (Fsp3) is 0.444. The third-order valence-electron chi connectivity index (χ3n) is 2.04. The Morgan fingerprint density at radius 3 is 2.65 bits per heavy atom. The van der Waals surface area contributed by atoms with Gasteiger partial charge in [-0.1, -0.05) is 11.3 Å². The summed E-state index contributed by atoms with van der Waals surface area (Å²) in [6.07, 6.45) is -0.0472. The Morgan fingerprint density at radius 2 is 2.24 bits per heavy atom. The minimum atomic E-state index is -1.19. The first-order chi connectivity index (χ1) is 7.95. The molecule has 1 amide bonds. The second kappa shape index (κ2) is 5.60. The van der Waals surface area contributed by atoms with E-state index in [0.29, 0.717) is 5.69 Å². The summed E-state index contributed by atoms with van der Waals surface area (Å²) in [5.74, 6) is -1.74. The minimum Gasteiger partial charge on any atom is -0.480 e. The summed E-state index contributed by atoms with van der Waals surface area (Å²) in [7, 11) is 0. The Balaban J connectivity index is 2.77. The zero-order valence-electron chi connectivity index (χ0n) is 9.14. The molecule has 0 saturated heterocycles. The van der Waals surface area contributed by atoms with Crippen molar-refractivity contribution in [1.29, 1.82) is 0 Å². The van der Waals surface area contributed by atoms with Gasteiger partial charge in [-0.3, -0.25) is 4.79 Å². The molecule has 0 saturated carbocycles. The number of aliphatic hydroxyl groups is 1. The van der Waals surface area contributed by atoms with Gasteiger partial charge in [0.25, 0.3) is 5.91 Å². The molecule has 94 valence electrons. The molecule has 0 fully saturated rings. The van der Waals surface area contributed by atoms with E-state index in [9.17, 15) is 9.59 Å². The van der Waals surface area contributed by atoms with Gasteiger partial charge in [0.15, 0.2) is 5.13 Å². The smallest absolute Gasteiger partial charge is 0.326 e. The Morgan fingerprint density at radius 1 is 1.59 bits per heavy atom. The molecule has 1 atom stereocenters. The number of rotatable bonds is 5. The van der Waals surface area contributed by atoms with E-state index in [0.717, 1.165) is 11.3 Å². The summed E-state index contributed by atoms with van der Waals surface area (Å²) in [6.45, 7) is 1.30. The monoisotopic (exact) mass is 259 g/mol. The van der Waals surface area contributed by atoms with Crippen LogP contribution in [0.2, 0.25) is 0 Å². The maximum absolute atomic E-state index is 11.7. The van der Waals surface area contributed by atoms with Crippen LogP contribution in [0.15, 0.2) is 0 Å². The molecule has 0 bridgehead atoms. The Labute approximate surface area is 101 Å². The lowest BCUT2D eigenvalue weighted by molar-refractivity contribution is -0.139. The van der Waals surface area contributed by atoms with Crippen molar-refractivity contribution in [3.63, 3.8) is 0 Å². The molecule has 0 aliphatic carbocycles. The lowest BCUT2D eigenvalue weighted by Crippen LogP contribution is -2.41. The van der Waals surface area contributed by atoms with Gasteiger partial charge in [0, 0.05) is 13.0 Å². The Kier molecular flexibility index (Phi) is 4.41. The maximum atomic E-state index is 11.7. The van der Waals surface area contributed by atoms with Crippen molar-refractivity contribution in [3.05, 3.63) is 10.6 Å². The lowest BCUT2D eigenvalue weighted by atomic mass is 10.2. The quantitative estimate of drug-likeness (QED) is 0.570. The fourth-order valence-corrected chi connectivity index (χ4v) is 1.97. The summed E-state index contributed by atoms with van der Waals surface area (Å²) < 4.78 is 0. The van der Waals surface area contributed by atoms with E-state index in [1.54, 1.807) is 6.92 Å². The summed E-state index contributed by atoms with van der Waals surface area (Å²) >= 11 is 0.993. The van der Waals surface area contributed by atoms with Crippen molar-refractivity contribution in [3.8, 4) is 0 Å². The largest absolute Gasteiger partial charge is 0.480 e. The van der Waals surface area contributed by atoms with Gasteiger partial charge in [0.05, 0.1) is 5.69 Å². The molecule has 1 aromatic heterocycles. The molecule has 0 radical (unpaired) electrons. The number of carbonyl (C=O) groups excluding carboxylic acids is 1. The van der Waals surface area contributed by atoms with Crippen LogP contribution in [0.5, 0.6) is 0 Å². The van der Waals surface area contributed by atoms with Gasteiger partial charge < -0.3 is 21.3 Å². The number of aliphatic carboxylic acids is 1. The number of thiazole rings is 1. The normalized spacial score (nSPS) is 12.1. The summed E-state index contributed by atoms with van der Waals surface area (Å²) in [6, 6.07) is -1.12. The van der Waals surface area contributed by atoms with E-state index in [-0.39, 0.29) is 23.0 Å². The van der Waals surface area contributed by atoms with Crippen molar-refractivity contribution in [2.45, 2.75) is 19.4 Å². The average molecular weight is 259 g/mol. The van der Waals surface area contributed by atoms with Crippen LogP contribution < -0.4 is 11.1 Å². The molecule has 1 heterocycles. The van der Waals surface area contributed by atoms with Gasteiger partial charge in [0.2, 0.25) is 0 Å². The second-order valence-electron chi connectivity index (χ2n) is 3.34. The molecule has 7 nitrogen and oxygen atoms in total. The van der Waals surface area contributed by atoms with Crippen molar-refractivity contribution >= 4 is 28.3 Å². The highest BCUT2D eigenvalue weighted by atomic mass is 32.1. The van der Waals surface area contributed by atoms with Crippen LogP contribution in [0.1, 0.15) is 21.8 Å². The number of carboxylic acid groups (broad SMARTS) is 1. The Bertz CT molecular complexity index is 432. The zero-order chi connectivity index (χ0) is 13.0. The molecule has 0 spiro atoms. The van der Waals surface area contributed by atoms with Crippen LogP contribution in [0, 0.1) is 6.92 Å². The van der Waals surface area contributed by atoms with E-state index in [4.69, 9.17) is 15.9 Å². The highest BCUT2D eigenvalue weighted by molar-refractivity contribution is 7.17. The zero-order valence-corrected chi connectivity index (χ0v) is 9.95. The van der Waals surface area contributed by atoms with Crippen LogP contribution in [0.4, 0.5) is 5.13 Å². The molecule has 1 rings (SSSR count). The number of nitrogens with two attached hydrogens (primary N) is 1.